The van der Waals surface area contributed by atoms with Crippen LogP contribution in [0.5, 0.6) is 0 Å². The topological polar surface area (TPSA) is 75.4 Å². The molecule has 2 unspecified atom stereocenters. The molecule has 1 saturated carbocycles. The number of anilines is 2. The second-order valence-electron chi connectivity index (χ2n) is 7.56. The van der Waals surface area contributed by atoms with Crippen molar-refractivity contribution >= 4 is 35.6 Å². The molecular formula is C22H26ClN3O2. The van der Waals surface area contributed by atoms with Gasteiger partial charge in [0.05, 0.1) is 6.42 Å². The third-order valence-corrected chi connectivity index (χ3v) is 5.61. The Bertz CT molecular complexity index is 853. The highest BCUT2D eigenvalue weighted by Gasteiger charge is 2.28. The molecule has 0 radical (unpaired) electrons. The van der Waals surface area contributed by atoms with Gasteiger partial charge in [-0.2, -0.15) is 0 Å². The van der Waals surface area contributed by atoms with Gasteiger partial charge < -0.3 is 16.0 Å². The molecule has 2 aliphatic rings. The summed E-state index contributed by atoms with van der Waals surface area (Å²) in [5.74, 6) is 0.161. The van der Waals surface area contributed by atoms with Crippen LogP contribution in [0, 0.1) is 5.92 Å². The van der Waals surface area contributed by atoms with Crippen LogP contribution in [-0.4, -0.2) is 24.4 Å². The van der Waals surface area contributed by atoms with Crippen LogP contribution in [0.1, 0.15) is 30.4 Å². The maximum Gasteiger partial charge on any atom is 0.231 e. The molecule has 0 spiro atoms. The summed E-state index contributed by atoms with van der Waals surface area (Å²) < 4.78 is 0. The maximum atomic E-state index is 12.7. The summed E-state index contributed by atoms with van der Waals surface area (Å²) in [4.78, 5) is 26.8. The standard InChI is InChI=1S/C22H25N3O2.ClH/c23-18-8-7-17(14-18)22(27)24-19-9-5-15(6-10-19)13-21(26)25-12-11-16-3-1-2-4-20(16)25;/h1-6,9-10,17-18H,7-8,11-14,23H2,(H,24,27);1H. The molecule has 5 nitrogen and oxygen atoms in total. The minimum Gasteiger partial charge on any atom is -0.328 e. The number of hydrogen-bond donors (Lipinski definition) is 2. The number of nitrogens with zero attached hydrogens (tertiary/aromatic N) is 1. The predicted octanol–water partition coefficient (Wildman–Crippen LogP) is 3.31. The van der Waals surface area contributed by atoms with Gasteiger partial charge in [0.15, 0.2) is 0 Å². The summed E-state index contributed by atoms with van der Waals surface area (Å²) in [6.45, 7) is 0.746. The van der Waals surface area contributed by atoms with Gasteiger partial charge in [-0.05, 0) is 55.0 Å². The molecule has 4 rings (SSSR count). The van der Waals surface area contributed by atoms with E-state index in [0.29, 0.717) is 6.42 Å². The highest BCUT2D eigenvalue weighted by Crippen LogP contribution is 2.28. The van der Waals surface area contributed by atoms with E-state index in [2.05, 4.69) is 11.4 Å². The van der Waals surface area contributed by atoms with Crippen LogP contribution < -0.4 is 16.0 Å². The SMILES string of the molecule is Cl.NC1CCC(C(=O)Nc2ccc(CC(=O)N3CCc4ccccc43)cc2)C1. The van der Waals surface area contributed by atoms with E-state index in [1.165, 1.54) is 5.56 Å². The number of nitrogens with one attached hydrogen (secondary N) is 1. The van der Waals surface area contributed by atoms with Crippen LogP contribution in [0.3, 0.4) is 0 Å². The average Bonchev–Trinajstić information content (AvgIpc) is 3.29. The zero-order valence-corrected chi connectivity index (χ0v) is 16.6. The number of amides is 2. The fraction of sp³-hybridized carbons (Fsp3) is 0.364. The first-order valence-corrected chi connectivity index (χ1v) is 9.64. The number of nitrogens with two attached hydrogens (primary N) is 1. The number of fused-ring (bicyclic) bond motifs is 1. The number of halogens is 1. The van der Waals surface area contributed by atoms with Gasteiger partial charge in [-0.15, -0.1) is 12.4 Å². The Morgan fingerprint density at radius 2 is 1.82 bits per heavy atom. The van der Waals surface area contributed by atoms with Gasteiger partial charge in [-0.1, -0.05) is 30.3 Å². The highest BCUT2D eigenvalue weighted by atomic mass is 35.5. The first-order valence-electron chi connectivity index (χ1n) is 9.64. The predicted molar refractivity (Wildman–Crippen MR) is 114 cm³/mol. The molecule has 2 atom stereocenters. The number of para-hydroxylation sites is 1. The summed E-state index contributed by atoms with van der Waals surface area (Å²) in [7, 11) is 0. The Hall–Kier alpha value is -2.37. The van der Waals surface area contributed by atoms with E-state index in [1.807, 2.05) is 47.4 Å². The average molecular weight is 400 g/mol. The van der Waals surface area contributed by atoms with Crippen molar-refractivity contribution in [2.24, 2.45) is 11.7 Å². The Balaban J connectivity index is 0.00000225. The van der Waals surface area contributed by atoms with Crippen LogP contribution in [0.15, 0.2) is 48.5 Å². The number of carbonyl (C=O) groups is 2. The molecule has 28 heavy (non-hydrogen) atoms. The second-order valence-corrected chi connectivity index (χ2v) is 7.56. The summed E-state index contributed by atoms with van der Waals surface area (Å²) in [5.41, 5.74) is 9.87. The van der Waals surface area contributed by atoms with Gasteiger partial charge in [0.25, 0.3) is 0 Å². The van der Waals surface area contributed by atoms with E-state index in [4.69, 9.17) is 5.73 Å². The second kappa shape index (κ2) is 8.76. The fourth-order valence-corrected chi connectivity index (χ4v) is 4.07. The summed E-state index contributed by atoms with van der Waals surface area (Å²) >= 11 is 0. The highest BCUT2D eigenvalue weighted by molar-refractivity contribution is 5.97. The zero-order valence-electron chi connectivity index (χ0n) is 15.8. The number of rotatable bonds is 4. The smallest absolute Gasteiger partial charge is 0.231 e. The molecule has 0 aromatic heterocycles. The van der Waals surface area contributed by atoms with Crippen LogP contribution >= 0.6 is 12.4 Å². The summed E-state index contributed by atoms with van der Waals surface area (Å²) in [5, 5.41) is 2.96. The first-order chi connectivity index (χ1) is 13.1. The Kier molecular flexibility index (Phi) is 6.37. The number of hydrogen-bond acceptors (Lipinski definition) is 3. The first kappa shape index (κ1) is 20.4. The summed E-state index contributed by atoms with van der Waals surface area (Å²) in [6, 6.07) is 15.8. The lowest BCUT2D eigenvalue weighted by Gasteiger charge is -2.17. The van der Waals surface area contributed by atoms with Crippen molar-refractivity contribution in [3.05, 3.63) is 59.7 Å². The molecule has 1 fully saturated rings. The molecule has 1 aliphatic carbocycles. The van der Waals surface area contributed by atoms with Crippen molar-refractivity contribution in [3.8, 4) is 0 Å². The zero-order chi connectivity index (χ0) is 18.8. The Morgan fingerprint density at radius 1 is 1.07 bits per heavy atom. The quantitative estimate of drug-likeness (QED) is 0.828. The molecule has 2 amide bonds. The van der Waals surface area contributed by atoms with Gasteiger partial charge in [0.2, 0.25) is 11.8 Å². The largest absolute Gasteiger partial charge is 0.328 e. The molecule has 148 valence electrons. The van der Waals surface area contributed by atoms with Crippen molar-refractivity contribution < 1.29 is 9.59 Å². The van der Waals surface area contributed by atoms with Crippen molar-refractivity contribution in [2.45, 2.75) is 38.1 Å². The lowest BCUT2D eigenvalue weighted by molar-refractivity contribution is -0.120. The van der Waals surface area contributed by atoms with E-state index >= 15 is 0 Å². The van der Waals surface area contributed by atoms with Crippen LogP contribution in [0.4, 0.5) is 11.4 Å². The third kappa shape index (κ3) is 4.37. The van der Waals surface area contributed by atoms with Gasteiger partial charge in [0.1, 0.15) is 0 Å². The van der Waals surface area contributed by atoms with Crippen molar-refractivity contribution in [2.75, 3.05) is 16.8 Å². The number of benzene rings is 2. The van der Waals surface area contributed by atoms with Crippen molar-refractivity contribution in [1.29, 1.82) is 0 Å². The van der Waals surface area contributed by atoms with E-state index in [0.717, 1.165) is 49.2 Å². The molecule has 0 bridgehead atoms. The van der Waals surface area contributed by atoms with Crippen LogP contribution in [0.25, 0.3) is 0 Å². The van der Waals surface area contributed by atoms with Crippen LogP contribution in [0.2, 0.25) is 0 Å². The van der Waals surface area contributed by atoms with Gasteiger partial charge >= 0.3 is 0 Å². The molecule has 2 aromatic rings. The van der Waals surface area contributed by atoms with Crippen molar-refractivity contribution in [1.82, 2.24) is 0 Å². The monoisotopic (exact) mass is 399 g/mol. The summed E-state index contributed by atoms with van der Waals surface area (Å²) in [6.07, 6.45) is 3.81. The minimum atomic E-state index is 0. The van der Waals surface area contributed by atoms with Gasteiger partial charge in [-0.25, -0.2) is 0 Å². The van der Waals surface area contributed by atoms with Crippen molar-refractivity contribution in [3.63, 3.8) is 0 Å². The molecular weight excluding hydrogens is 374 g/mol. The third-order valence-electron chi connectivity index (χ3n) is 5.61. The fourth-order valence-electron chi connectivity index (χ4n) is 4.07. The molecule has 0 saturated heterocycles. The lowest BCUT2D eigenvalue weighted by atomic mass is 10.1. The van der Waals surface area contributed by atoms with Gasteiger partial charge in [-0.3, -0.25) is 9.59 Å². The Morgan fingerprint density at radius 3 is 2.54 bits per heavy atom. The maximum absolute atomic E-state index is 12.7. The van der Waals surface area contributed by atoms with Gasteiger partial charge in [0, 0.05) is 29.9 Å². The van der Waals surface area contributed by atoms with E-state index < -0.39 is 0 Å². The lowest BCUT2D eigenvalue weighted by Crippen LogP contribution is -2.30. The Labute approximate surface area is 171 Å². The minimum absolute atomic E-state index is 0. The molecule has 2 aromatic carbocycles. The normalized spacial score (nSPS) is 20.4. The molecule has 1 heterocycles. The van der Waals surface area contributed by atoms with E-state index in [1.54, 1.807) is 0 Å². The van der Waals surface area contributed by atoms with E-state index in [-0.39, 0.29) is 36.2 Å². The molecule has 3 N–H and O–H groups in total. The van der Waals surface area contributed by atoms with E-state index in [9.17, 15) is 9.59 Å². The molecule has 6 heteroatoms. The van der Waals surface area contributed by atoms with Crippen LogP contribution in [-0.2, 0) is 22.4 Å². The molecule has 1 aliphatic heterocycles. The number of carbonyl (C=O) groups excluding carboxylic acids is 2.